The summed E-state index contributed by atoms with van der Waals surface area (Å²) in [6.07, 6.45) is 1.72. The third kappa shape index (κ3) is 3.60. The molecule has 0 saturated carbocycles. The fraction of sp³-hybridized carbons (Fsp3) is 0.167. The summed E-state index contributed by atoms with van der Waals surface area (Å²) in [6, 6.07) is 13.2. The van der Waals surface area contributed by atoms with Crippen molar-refractivity contribution in [3.05, 3.63) is 58.1 Å². The van der Waals surface area contributed by atoms with Gasteiger partial charge < -0.3 is 9.84 Å². The van der Waals surface area contributed by atoms with Gasteiger partial charge in [0, 0.05) is 0 Å². The van der Waals surface area contributed by atoms with Crippen LogP contribution in [-0.2, 0) is 0 Å². The zero-order valence-corrected chi connectivity index (χ0v) is 13.2. The van der Waals surface area contributed by atoms with Gasteiger partial charge in [-0.2, -0.15) is 5.26 Å². The van der Waals surface area contributed by atoms with Gasteiger partial charge in [0.2, 0.25) is 0 Å². The van der Waals surface area contributed by atoms with Gasteiger partial charge in [-0.15, -0.1) is 0 Å². The van der Waals surface area contributed by atoms with Crippen molar-refractivity contribution < 1.29 is 9.84 Å². The number of aryl methyl sites for hydroxylation is 1. The zero-order chi connectivity index (χ0) is 16.1. The van der Waals surface area contributed by atoms with E-state index < -0.39 is 0 Å². The van der Waals surface area contributed by atoms with Gasteiger partial charge in [-0.3, -0.25) is 0 Å². The first kappa shape index (κ1) is 15.9. The maximum atomic E-state index is 9.85. The highest BCUT2D eigenvalue weighted by Crippen LogP contribution is 2.36. The molecule has 0 spiro atoms. The molecule has 0 aromatic heterocycles. The number of rotatable bonds is 4. The van der Waals surface area contributed by atoms with E-state index in [0.29, 0.717) is 23.5 Å². The van der Waals surface area contributed by atoms with Crippen LogP contribution in [0, 0.1) is 18.3 Å². The van der Waals surface area contributed by atoms with E-state index in [1.165, 1.54) is 0 Å². The van der Waals surface area contributed by atoms with Crippen LogP contribution in [0.15, 0.2) is 36.4 Å². The fourth-order valence-corrected chi connectivity index (χ4v) is 2.24. The minimum absolute atomic E-state index is 0.0884. The molecule has 0 unspecified atom stereocenters. The number of phenolic OH excluding ortho intramolecular Hbond substituents is 1. The minimum atomic E-state index is -0.0884. The van der Waals surface area contributed by atoms with Crippen LogP contribution in [0.25, 0.3) is 11.6 Å². The Morgan fingerprint density at radius 2 is 2.00 bits per heavy atom. The lowest BCUT2D eigenvalue weighted by Crippen LogP contribution is -1.93. The Morgan fingerprint density at radius 1 is 1.32 bits per heavy atom. The van der Waals surface area contributed by atoms with Crippen molar-refractivity contribution in [1.82, 2.24) is 0 Å². The Labute approximate surface area is 135 Å². The second-order valence-electron chi connectivity index (χ2n) is 4.82. The molecule has 2 aromatic rings. The van der Waals surface area contributed by atoms with Crippen LogP contribution in [0.3, 0.4) is 0 Å². The molecule has 112 valence electrons. The van der Waals surface area contributed by atoms with Gasteiger partial charge in [0.25, 0.3) is 0 Å². The van der Waals surface area contributed by atoms with E-state index >= 15 is 0 Å². The summed E-state index contributed by atoms with van der Waals surface area (Å²) in [7, 11) is 0. The van der Waals surface area contributed by atoms with Crippen LogP contribution in [-0.4, -0.2) is 11.7 Å². The molecule has 4 heteroatoms. The molecule has 0 saturated heterocycles. The number of aromatic hydroxyl groups is 1. The largest absolute Gasteiger partial charge is 0.503 e. The molecule has 0 atom stereocenters. The van der Waals surface area contributed by atoms with Gasteiger partial charge >= 0.3 is 0 Å². The maximum absolute atomic E-state index is 9.85. The molecule has 0 heterocycles. The summed E-state index contributed by atoms with van der Waals surface area (Å²) in [6.45, 7) is 4.23. The van der Waals surface area contributed by atoms with Crippen LogP contribution in [0.2, 0.25) is 5.02 Å². The predicted octanol–water partition coefficient (Wildman–Crippen LogP) is 4.82. The van der Waals surface area contributed by atoms with E-state index in [0.717, 1.165) is 11.1 Å². The number of halogens is 1. The van der Waals surface area contributed by atoms with Crippen molar-refractivity contribution in [2.75, 3.05) is 6.61 Å². The monoisotopic (exact) mass is 313 g/mol. The number of hydrogen-bond donors (Lipinski definition) is 1. The molecule has 0 aliphatic rings. The topological polar surface area (TPSA) is 53.2 Å². The summed E-state index contributed by atoms with van der Waals surface area (Å²) in [4.78, 5) is 0. The van der Waals surface area contributed by atoms with Gasteiger partial charge in [0.1, 0.15) is 0 Å². The number of ether oxygens (including phenoxy) is 1. The lowest BCUT2D eigenvalue weighted by Gasteiger charge is -2.09. The van der Waals surface area contributed by atoms with Crippen LogP contribution >= 0.6 is 11.6 Å². The Hall–Kier alpha value is -2.44. The van der Waals surface area contributed by atoms with Gasteiger partial charge in [0.15, 0.2) is 11.5 Å². The molecule has 0 fully saturated rings. The van der Waals surface area contributed by atoms with Crippen LogP contribution in [0.5, 0.6) is 11.5 Å². The number of hydrogen-bond acceptors (Lipinski definition) is 3. The highest BCUT2D eigenvalue weighted by molar-refractivity contribution is 6.32. The molecule has 2 rings (SSSR count). The first-order chi connectivity index (χ1) is 10.5. The van der Waals surface area contributed by atoms with Gasteiger partial charge in [0.05, 0.1) is 23.3 Å². The van der Waals surface area contributed by atoms with Crippen molar-refractivity contribution in [3.8, 4) is 17.6 Å². The molecule has 0 bridgehead atoms. The smallest absolute Gasteiger partial charge is 0.176 e. The van der Waals surface area contributed by atoms with Gasteiger partial charge in [-0.1, -0.05) is 41.4 Å². The number of phenols is 1. The van der Waals surface area contributed by atoms with Crippen LogP contribution < -0.4 is 4.74 Å². The minimum Gasteiger partial charge on any atom is -0.503 e. The third-order valence-electron chi connectivity index (χ3n) is 3.14. The number of nitriles is 1. The highest BCUT2D eigenvalue weighted by Gasteiger charge is 2.09. The van der Waals surface area contributed by atoms with Crippen molar-refractivity contribution >= 4 is 23.3 Å². The molecular formula is C18H16ClNO2. The summed E-state index contributed by atoms with van der Waals surface area (Å²) in [5.74, 6) is 0.219. The predicted molar refractivity (Wildman–Crippen MR) is 88.9 cm³/mol. The average molecular weight is 314 g/mol. The molecule has 2 aromatic carbocycles. The second-order valence-corrected chi connectivity index (χ2v) is 5.23. The summed E-state index contributed by atoms with van der Waals surface area (Å²) < 4.78 is 5.35. The quantitative estimate of drug-likeness (QED) is 0.650. The zero-order valence-electron chi connectivity index (χ0n) is 12.4. The van der Waals surface area contributed by atoms with E-state index in [1.807, 2.05) is 38.1 Å². The second kappa shape index (κ2) is 7.02. The molecule has 22 heavy (non-hydrogen) atoms. The average Bonchev–Trinajstić information content (AvgIpc) is 2.51. The molecule has 0 amide bonds. The van der Waals surface area contributed by atoms with Crippen molar-refractivity contribution in [1.29, 1.82) is 5.26 Å². The third-order valence-corrected chi connectivity index (χ3v) is 3.43. The van der Waals surface area contributed by atoms with Crippen molar-refractivity contribution in [3.63, 3.8) is 0 Å². The summed E-state index contributed by atoms with van der Waals surface area (Å²) in [5.41, 5.74) is 3.18. The van der Waals surface area contributed by atoms with Crippen molar-refractivity contribution in [2.24, 2.45) is 0 Å². The molecular weight excluding hydrogens is 298 g/mol. The summed E-state index contributed by atoms with van der Waals surface area (Å²) >= 11 is 6.01. The van der Waals surface area contributed by atoms with E-state index in [4.69, 9.17) is 16.3 Å². The first-order valence-corrected chi connectivity index (χ1v) is 7.27. The van der Waals surface area contributed by atoms with Crippen molar-refractivity contribution in [2.45, 2.75) is 13.8 Å². The van der Waals surface area contributed by atoms with E-state index in [1.54, 1.807) is 18.2 Å². The van der Waals surface area contributed by atoms with E-state index in [9.17, 15) is 10.4 Å². The molecule has 0 aliphatic heterocycles. The molecule has 0 radical (unpaired) electrons. The molecule has 3 nitrogen and oxygen atoms in total. The van der Waals surface area contributed by atoms with Crippen LogP contribution in [0.1, 0.15) is 23.6 Å². The van der Waals surface area contributed by atoms with Gasteiger partial charge in [-0.05, 0) is 43.2 Å². The molecule has 1 N–H and O–H groups in total. The number of allylic oxidation sites excluding steroid dienone is 1. The normalized spacial score (nSPS) is 11.1. The number of benzene rings is 2. The SMILES string of the molecule is CCOc1cc(/C=C(\C#N)c2ccc(C)cc2)cc(Cl)c1O. The maximum Gasteiger partial charge on any atom is 0.176 e. The Kier molecular flexibility index (Phi) is 5.08. The summed E-state index contributed by atoms with van der Waals surface area (Å²) in [5, 5.41) is 19.4. The Bertz CT molecular complexity index is 743. The van der Waals surface area contributed by atoms with Gasteiger partial charge in [-0.25, -0.2) is 0 Å². The first-order valence-electron chi connectivity index (χ1n) is 6.89. The highest BCUT2D eigenvalue weighted by atomic mass is 35.5. The van der Waals surface area contributed by atoms with Crippen LogP contribution in [0.4, 0.5) is 0 Å². The Morgan fingerprint density at radius 3 is 2.59 bits per heavy atom. The number of nitrogens with zero attached hydrogens (tertiary/aromatic N) is 1. The lowest BCUT2D eigenvalue weighted by atomic mass is 10.0. The van der Waals surface area contributed by atoms with E-state index in [2.05, 4.69) is 6.07 Å². The molecule has 0 aliphatic carbocycles. The fourth-order valence-electron chi connectivity index (χ4n) is 2.02. The Balaban J connectivity index is 2.46. The van der Waals surface area contributed by atoms with E-state index in [-0.39, 0.29) is 10.8 Å². The lowest BCUT2D eigenvalue weighted by molar-refractivity contribution is 0.318. The standard InChI is InChI=1S/C18H16ClNO2/c1-3-22-17-10-13(9-16(19)18(17)21)8-15(11-20)14-6-4-12(2)5-7-14/h4-10,21H,3H2,1-2H3/b15-8+.